The lowest BCUT2D eigenvalue weighted by Crippen LogP contribution is -2.40. The number of carboxylic acid groups (broad SMARTS) is 1. The van der Waals surface area contributed by atoms with Crippen molar-refractivity contribution in [2.75, 3.05) is 32.7 Å². The number of carbonyl (C=O) groups excluding carboxylic acids is 1. The minimum atomic E-state index is -0.981. The second kappa shape index (κ2) is 10.4. The first kappa shape index (κ1) is 18.6. The van der Waals surface area contributed by atoms with Gasteiger partial charge in [0.1, 0.15) is 0 Å². The third-order valence-electron chi connectivity index (χ3n) is 3.19. The summed E-state index contributed by atoms with van der Waals surface area (Å²) < 4.78 is 0. The number of nitrogens with zero attached hydrogens (tertiary/aromatic N) is 2. The normalized spacial score (nSPS) is 19.1. The molecule has 0 aromatic carbocycles. The SMILES string of the molecule is C=CC(=O)O.CCCN1CCN(CCNC(C)=O)C1C. The fourth-order valence-corrected chi connectivity index (χ4v) is 2.12. The highest BCUT2D eigenvalue weighted by Crippen LogP contribution is 2.13. The maximum Gasteiger partial charge on any atom is 0.327 e. The van der Waals surface area contributed by atoms with E-state index in [1.54, 1.807) is 6.92 Å². The highest BCUT2D eigenvalue weighted by molar-refractivity contribution is 5.78. The van der Waals surface area contributed by atoms with Crippen molar-refractivity contribution >= 4 is 11.9 Å². The molecule has 20 heavy (non-hydrogen) atoms. The van der Waals surface area contributed by atoms with Gasteiger partial charge in [0.15, 0.2) is 0 Å². The van der Waals surface area contributed by atoms with Gasteiger partial charge >= 0.3 is 5.97 Å². The van der Waals surface area contributed by atoms with Crippen molar-refractivity contribution in [1.82, 2.24) is 15.1 Å². The third kappa shape index (κ3) is 7.91. The molecule has 1 fully saturated rings. The first-order valence-corrected chi connectivity index (χ1v) is 7.00. The molecule has 1 saturated heterocycles. The Kier molecular flexibility index (Phi) is 9.67. The van der Waals surface area contributed by atoms with Gasteiger partial charge in [-0.3, -0.25) is 14.6 Å². The van der Waals surface area contributed by atoms with Gasteiger partial charge in [0.2, 0.25) is 5.91 Å². The van der Waals surface area contributed by atoms with Gasteiger partial charge in [-0.2, -0.15) is 0 Å². The lowest BCUT2D eigenvalue weighted by atomic mass is 10.4. The summed E-state index contributed by atoms with van der Waals surface area (Å²) in [6.07, 6.45) is 2.57. The number of carbonyl (C=O) groups is 2. The first-order valence-electron chi connectivity index (χ1n) is 7.00. The van der Waals surface area contributed by atoms with E-state index < -0.39 is 5.97 Å². The Hall–Kier alpha value is -1.40. The monoisotopic (exact) mass is 285 g/mol. The van der Waals surface area contributed by atoms with Crippen molar-refractivity contribution < 1.29 is 14.7 Å². The number of hydrogen-bond donors (Lipinski definition) is 2. The quantitative estimate of drug-likeness (QED) is 0.705. The zero-order chi connectivity index (χ0) is 15.5. The molecule has 1 aliphatic heterocycles. The first-order chi connectivity index (χ1) is 9.42. The molecule has 1 unspecified atom stereocenters. The molecule has 0 aliphatic carbocycles. The summed E-state index contributed by atoms with van der Waals surface area (Å²) in [4.78, 5) is 24.9. The van der Waals surface area contributed by atoms with Crippen LogP contribution < -0.4 is 5.32 Å². The topological polar surface area (TPSA) is 72.9 Å². The van der Waals surface area contributed by atoms with E-state index in [-0.39, 0.29) is 5.91 Å². The maximum atomic E-state index is 10.7. The Balaban J connectivity index is 0.000000621. The average Bonchev–Trinajstić information content (AvgIpc) is 2.72. The Labute approximate surface area is 121 Å². The van der Waals surface area contributed by atoms with E-state index in [2.05, 4.69) is 35.5 Å². The van der Waals surface area contributed by atoms with E-state index in [0.29, 0.717) is 6.17 Å². The number of amides is 1. The van der Waals surface area contributed by atoms with Crippen molar-refractivity contribution in [2.24, 2.45) is 0 Å². The van der Waals surface area contributed by atoms with Crippen LogP contribution in [0.3, 0.4) is 0 Å². The van der Waals surface area contributed by atoms with E-state index in [4.69, 9.17) is 5.11 Å². The van der Waals surface area contributed by atoms with Crippen LogP contribution in [0, 0.1) is 0 Å². The molecule has 0 bridgehead atoms. The van der Waals surface area contributed by atoms with Crippen LogP contribution in [0.1, 0.15) is 27.2 Å². The molecule has 2 N–H and O–H groups in total. The summed E-state index contributed by atoms with van der Waals surface area (Å²) >= 11 is 0. The Morgan fingerprint density at radius 2 is 1.85 bits per heavy atom. The molecular weight excluding hydrogens is 258 g/mol. The van der Waals surface area contributed by atoms with Crippen LogP contribution in [0.5, 0.6) is 0 Å². The third-order valence-corrected chi connectivity index (χ3v) is 3.19. The van der Waals surface area contributed by atoms with Crippen LogP contribution in [-0.4, -0.2) is 65.7 Å². The van der Waals surface area contributed by atoms with Gasteiger partial charge in [-0.15, -0.1) is 0 Å². The molecule has 1 heterocycles. The van der Waals surface area contributed by atoms with Gasteiger partial charge in [0.05, 0.1) is 6.17 Å². The van der Waals surface area contributed by atoms with Gasteiger partial charge in [-0.05, 0) is 19.9 Å². The number of carboxylic acids is 1. The summed E-state index contributed by atoms with van der Waals surface area (Å²) in [5.74, 6) is -0.919. The fraction of sp³-hybridized carbons (Fsp3) is 0.714. The van der Waals surface area contributed by atoms with Gasteiger partial charge in [-0.25, -0.2) is 4.79 Å². The molecule has 1 rings (SSSR count). The zero-order valence-electron chi connectivity index (χ0n) is 12.8. The zero-order valence-corrected chi connectivity index (χ0v) is 12.8. The van der Waals surface area contributed by atoms with Crippen LogP contribution in [0.15, 0.2) is 12.7 Å². The van der Waals surface area contributed by atoms with Crippen LogP contribution >= 0.6 is 0 Å². The predicted octanol–water partition coefficient (Wildman–Crippen LogP) is 0.753. The van der Waals surface area contributed by atoms with Crippen LogP contribution in [0.4, 0.5) is 0 Å². The van der Waals surface area contributed by atoms with E-state index in [9.17, 15) is 9.59 Å². The predicted molar refractivity (Wildman–Crippen MR) is 79.4 cm³/mol. The molecule has 0 aromatic heterocycles. The Bertz CT molecular complexity index is 321. The smallest absolute Gasteiger partial charge is 0.327 e. The highest BCUT2D eigenvalue weighted by Gasteiger charge is 2.26. The van der Waals surface area contributed by atoms with E-state index in [0.717, 1.165) is 32.3 Å². The van der Waals surface area contributed by atoms with Crippen LogP contribution in [0.2, 0.25) is 0 Å². The summed E-state index contributed by atoms with van der Waals surface area (Å²) in [7, 11) is 0. The van der Waals surface area contributed by atoms with Crippen molar-refractivity contribution in [1.29, 1.82) is 0 Å². The minimum Gasteiger partial charge on any atom is -0.478 e. The lowest BCUT2D eigenvalue weighted by Gasteiger charge is -2.26. The lowest BCUT2D eigenvalue weighted by molar-refractivity contribution is -0.131. The summed E-state index contributed by atoms with van der Waals surface area (Å²) in [6, 6.07) is 0. The number of nitrogens with one attached hydrogen (secondary N) is 1. The Morgan fingerprint density at radius 3 is 2.25 bits per heavy atom. The summed E-state index contributed by atoms with van der Waals surface area (Å²) in [5, 5.41) is 10.4. The standard InChI is InChI=1S/C11H23N3O.C3H4O2/c1-4-6-13-8-9-14(11(13)3)7-5-12-10(2)15;1-2-3(4)5/h11H,4-9H2,1-3H3,(H,12,15);2H,1H2,(H,4,5). The van der Waals surface area contributed by atoms with Crippen molar-refractivity contribution in [3.05, 3.63) is 12.7 Å². The highest BCUT2D eigenvalue weighted by atomic mass is 16.4. The van der Waals surface area contributed by atoms with Gasteiger partial charge in [0, 0.05) is 39.2 Å². The molecular formula is C14H27N3O3. The van der Waals surface area contributed by atoms with Crippen LogP contribution in [0.25, 0.3) is 0 Å². The van der Waals surface area contributed by atoms with Gasteiger partial charge in [0.25, 0.3) is 0 Å². The van der Waals surface area contributed by atoms with Crippen molar-refractivity contribution in [2.45, 2.75) is 33.4 Å². The largest absolute Gasteiger partial charge is 0.478 e. The minimum absolute atomic E-state index is 0.0623. The number of rotatable bonds is 6. The van der Waals surface area contributed by atoms with E-state index in [1.165, 1.54) is 13.0 Å². The maximum absolute atomic E-state index is 10.7. The molecule has 116 valence electrons. The molecule has 6 heteroatoms. The molecule has 1 aliphatic rings. The molecule has 0 saturated carbocycles. The second-order valence-electron chi connectivity index (χ2n) is 4.73. The second-order valence-corrected chi connectivity index (χ2v) is 4.73. The van der Waals surface area contributed by atoms with Gasteiger partial charge in [-0.1, -0.05) is 13.5 Å². The van der Waals surface area contributed by atoms with Gasteiger partial charge < -0.3 is 10.4 Å². The average molecular weight is 285 g/mol. The van der Waals surface area contributed by atoms with Crippen LogP contribution in [-0.2, 0) is 9.59 Å². The van der Waals surface area contributed by atoms with Crippen molar-refractivity contribution in [3.63, 3.8) is 0 Å². The fourth-order valence-electron chi connectivity index (χ4n) is 2.12. The molecule has 0 aromatic rings. The molecule has 0 radical (unpaired) electrons. The van der Waals surface area contributed by atoms with E-state index in [1.807, 2.05) is 0 Å². The molecule has 1 atom stereocenters. The van der Waals surface area contributed by atoms with Crippen molar-refractivity contribution in [3.8, 4) is 0 Å². The summed E-state index contributed by atoms with van der Waals surface area (Å²) in [5.41, 5.74) is 0. The molecule has 1 amide bonds. The molecule has 6 nitrogen and oxygen atoms in total. The van der Waals surface area contributed by atoms with E-state index >= 15 is 0 Å². The number of hydrogen-bond acceptors (Lipinski definition) is 4. The number of aliphatic carboxylic acids is 1. The Morgan fingerprint density at radius 1 is 1.35 bits per heavy atom. The molecule has 0 spiro atoms. The summed E-state index contributed by atoms with van der Waals surface area (Å²) in [6.45, 7) is 14.2.